The van der Waals surface area contributed by atoms with E-state index in [1.165, 1.54) is 13.2 Å². The average Bonchev–Trinajstić information content (AvgIpc) is 3.70. The zero-order valence-electron chi connectivity index (χ0n) is 24.2. The third-order valence-electron chi connectivity index (χ3n) is 7.68. The lowest BCUT2D eigenvalue weighted by molar-refractivity contribution is -0.122. The fourth-order valence-electron chi connectivity index (χ4n) is 5.48. The van der Waals surface area contributed by atoms with Crippen LogP contribution < -0.4 is 24.4 Å². The molecule has 1 atom stereocenters. The van der Waals surface area contributed by atoms with Crippen molar-refractivity contribution in [3.05, 3.63) is 77.5 Å². The number of H-pyrrole nitrogens is 1. The maximum atomic E-state index is 14.5. The largest absolute Gasteiger partial charge is 0.494 e. The third kappa shape index (κ3) is 6.69. The van der Waals surface area contributed by atoms with E-state index in [9.17, 15) is 9.18 Å². The fraction of sp³-hybridized carbons (Fsp3) is 0.355. The highest BCUT2D eigenvalue weighted by Crippen LogP contribution is 2.32. The lowest BCUT2D eigenvalue weighted by Gasteiger charge is -2.42. The molecule has 12 heteroatoms. The van der Waals surface area contributed by atoms with Crippen molar-refractivity contribution >= 4 is 11.7 Å². The van der Waals surface area contributed by atoms with Gasteiger partial charge in [-0.1, -0.05) is 12.1 Å². The number of hydrogen-bond acceptors (Lipinski definition) is 9. The molecule has 6 rings (SSSR count). The van der Waals surface area contributed by atoms with E-state index in [1.807, 2.05) is 37.3 Å². The first-order valence-corrected chi connectivity index (χ1v) is 14.3. The van der Waals surface area contributed by atoms with Crippen LogP contribution in [0.4, 0.5) is 10.2 Å². The Morgan fingerprint density at radius 1 is 1.12 bits per heavy atom. The van der Waals surface area contributed by atoms with Gasteiger partial charge in [-0.3, -0.25) is 9.69 Å². The van der Waals surface area contributed by atoms with E-state index in [-0.39, 0.29) is 30.9 Å². The number of nitrogens with one attached hydrogen (secondary N) is 2. The van der Waals surface area contributed by atoms with Gasteiger partial charge in [0.2, 0.25) is 12.7 Å². The van der Waals surface area contributed by atoms with Crippen molar-refractivity contribution < 1.29 is 23.4 Å². The van der Waals surface area contributed by atoms with Gasteiger partial charge in [0.1, 0.15) is 5.82 Å². The highest BCUT2D eigenvalue weighted by Gasteiger charge is 2.30. The van der Waals surface area contributed by atoms with Crippen LogP contribution in [0.15, 0.2) is 54.9 Å². The number of aromatic nitrogens is 4. The molecule has 4 aromatic rings. The molecular formula is C31H34FN7O4. The highest BCUT2D eigenvalue weighted by molar-refractivity contribution is 5.76. The predicted molar refractivity (Wildman–Crippen MR) is 158 cm³/mol. The van der Waals surface area contributed by atoms with Gasteiger partial charge in [0.05, 0.1) is 7.11 Å². The summed E-state index contributed by atoms with van der Waals surface area (Å²) in [7, 11) is 1.45. The van der Waals surface area contributed by atoms with Crippen molar-refractivity contribution in [3.63, 3.8) is 0 Å². The van der Waals surface area contributed by atoms with Gasteiger partial charge in [0, 0.05) is 69.3 Å². The summed E-state index contributed by atoms with van der Waals surface area (Å²) < 4.78 is 30.4. The van der Waals surface area contributed by atoms with Gasteiger partial charge in [0.25, 0.3) is 0 Å². The molecule has 11 nitrogen and oxygen atoms in total. The Kier molecular flexibility index (Phi) is 8.36. The van der Waals surface area contributed by atoms with E-state index >= 15 is 0 Å². The number of ether oxygens (including phenoxy) is 3. The van der Waals surface area contributed by atoms with E-state index in [2.05, 4.69) is 30.1 Å². The van der Waals surface area contributed by atoms with Gasteiger partial charge in [-0.2, -0.15) is 0 Å². The van der Waals surface area contributed by atoms with Crippen molar-refractivity contribution in [3.8, 4) is 28.9 Å². The Morgan fingerprint density at radius 2 is 1.98 bits per heavy atom. The van der Waals surface area contributed by atoms with Crippen LogP contribution in [-0.2, 0) is 17.8 Å². The van der Waals surface area contributed by atoms with Crippen LogP contribution in [0.5, 0.6) is 17.2 Å². The number of anilines is 1. The molecule has 224 valence electrons. The van der Waals surface area contributed by atoms with Crippen molar-refractivity contribution in [1.82, 2.24) is 30.2 Å². The number of imidazole rings is 1. The van der Waals surface area contributed by atoms with E-state index in [4.69, 9.17) is 19.2 Å². The van der Waals surface area contributed by atoms with Crippen molar-refractivity contribution in [1.29, 1.82) is 0 Å². The van der Waals surface area contributed by atoms with Crippen LogP contribution in [0, 0.1) is 12.7 Å². The van der Waals surface area contributed by atoms with Crippen molar-refractivity contribution in [2.24, 2.45) is 0 Å². The molecule has 43 heavy (non-hydrogen) atoms. The van der Waals surface area contributed by atoms with Crippen LogP contribution in [0.25, 0.3) is 11.6 Å². The first-order valence-electron chi connectivity index (χ1n) is 14.3. The molecule has 2 aromatic heterocycles. The number of nitrogens with zero attached hydrogens (tertiary/aromatic N) is 5. The number of methoxy groups -OCH3 is 1. The zero-order chi connectivity index (χ0) is 29.8. The first kappa shape index (κ1) is 28.4. The molecule has 1 amide bonds. The van der Waals surface area contributed by atoms with Gasteiger partial charge in [-0.05, 0) is 48.7 Å². The molecule has 1 saturated heterocycles. The van der Waals surface area contributed by atoms with Gasteiger partial charge < -0.3 is 29.4 Å². The Hall–Kier alpha value is -4.71. The van der Waals surface area contributed by atoms with Crippen molar-refractivity contribution in [2.45, 2.75) is 32.4 Å². The molecule has 2 aliphatic rings. The molecule has 0 aliphatic carbocycles. The summed E-state index contributed by atoms with van der Waals surface area (Å²) in [5.74, 6) is 3.12. The number of fused-ring (bicyclic) bond motifs is 1. The molecule has 0 radical (unpaired) electrons. The molecule has 2 aliphatic heterocycles. The van der Waals surface area contributed by atoms with Crippen LogP contribution >= 0.6 is 0 Å². The molecule has 1 unspecified atom stereocenters. The minimum Gasteiger partial charge on any atom is -0.494 e. The molecule has 0 spiro atoms. The second-order valence-corrected chi connectivity index (χ2v) is 10.7. The van der Waals surface area contributed by atoms with Gasteiger partial charge in [-0.25, -0.2) is 19.3 Å². The normalized spacial score (nSPS) is 16.3. The number of aromatic amines is 1. The van der Waals surface area contributed by atoms with E-state index in [1.54, 1.807) is 18.5 Å². The maximum Gasteiger partial charge on any atom is 0.231 e. The Labute approximate surface area is 249 Å². The number of benzene rings is 2. The number of carbonyl (C=O) groups excluding carboxylic acids is 1. The smallest absolute Gasteiger partial charge is 0.231 e. The second kappa shape index (κ2) is 12.7. The second-order valence-electron chi connectivity index (χ2n) is 10.7. The quantitative estimate of drug-likeness (QED) is 0.288. The number of carbonyl (C=O) groups is 1. The molecule has 0 saturated carbocycles. The number of aryl methyl sites for hydroxylation is 1. The standard InChI is InChI=1S/C31H34FN7O4/c1-20-13-28(37-31(36-20)30-34-9-10-35-30)39-12-11-38(17-22-4-5-25(41-2)24(32)14-22)23(18-39)16-29(40)33-8-7-21-3-6-26-27(15-21)43-19-42-26/h3-6,9-10,13-15,23H,7-8,11-12,16-19H2,1-2H3,(H,33,40)(H,34,35). The topological polar surface area (TPSA) is 118 Å². The summed E-state index contributed by atoms with van der Waals surface area (Å²) >= 11 is 0. The lowest BCUT2D eigenvalue weighted by Crippen LogP contribution is -2.54. The lowest BCUT2D eigenvalue weighted by atomic mass is 10.1. The minimum absolute atomic E-state index is 0.0475. The van der Waals surface area contributed by atoms with Crippen LogP contribution in [0.3, 0.4) is 0 Å². The molecule has 2 N–H and O–H groups in total. The van der Waals surface area contributed by atoms with E-state index < -0.39 is 5.82 Å². The fourth-order valence-corrected chi connectivity index (χ4v) is 5.48. The first-order chi connectivity index (χ1) is 20.9. The average molecular weight is 588 g/mol. The molecule has 4 heterocycles. The summed E-state index contributed by atoms with van der Waals surface area (Å²) in [6.07, 6.45) is 4.36. The number of rotatable bonds is 10. The Bertz CT molecular complexity index is 1580. The number of hydrogen-bond donors (Lipinski definition) is 2. The van der Waals surface area contributed by atoms with Crippen molar-refractivity contribution in [2.75, 3.05) is 45.0 Å². The molecule has 0 bridgehead atoms. The summed E-state index contributed by atoms with van der Waals surface area (Å²) in [6.45, 7) is 5.09. The predicted octanol–water partition coefficient (Wildman–Crippen LogP) is 3.49. The van der Waals surface area contributed by atoms with Crippen LogP contribution in [-0.4, -0.2) is 76.9 Å². The number of piperazine rings is 1. The van der Waals surface area contributed by atoms with E-state index in [0.717, 1.165) is 34.1 Å². The molecular weight excluding hydrogens is 553 g/mol. The zero-order valence-corrected chi connectivity index (χ0v) is 24.2. The van der Waals surface area contributed by atoms with Gasteiger partial charge >= 0.3 is 0 Å². The van der Waals surface area contributed by atoms with Crippen LogP contribution in [0.2, 0.25) is 0 Å². The Balaban J connectivity index is 1.15. The summed E-state index contributed by atoms with van der Waals surface area (Å²) in [6, 6.07) is 12.6. The number of amides is 1. The van der Waals surface area contributed by atoms with Crippen LogP contribution in [0.1, 0.15) is 23.2 Å². The molecule has 1 fully saturated rings. The SMILES string of the molecule is COc1ccc(CN2CCN(c3cc(C)nc(-c4ncc[nH]4)n3)CC2CC(=O)NCCc2ccc3c(c2)OCO3)cc1F. The summed E-state index contributed by atoms with van der Waals surface area (Å²) in [5, 5.41) is 3.08. The summed E-state index contributed by atoms with van der Waals surface area (Å²) in [5.41, 5.74) is 2.70. The third-order valence-corrected chi connectivity index (χ3v) is 7.68. The Morgan fingerprint density at radius 3 is 2.79 bits per heavy atom. The van der Waals surface area contributed by atoms with Gasteiger partial charge in [-0.15, -0.1) is 0 Å². The minimum atomic E-state index is -0.404. The molecule has 2 aromatic carbocycles. The maximum absolute atomic E-state index is 14.5. The summed E-state index contributed by atoms with van der Waals surface area (Å²) in [4.78, 5) is 34.3. The highest BCUT2D eigenvalue weighted by atomic mass is 19.1. The monoisotopic (exact) mass is 587 g/mol. The van der Waals surface area contributed by atoms with E-state index in [0.29, 0.717) is 50.8 Å². The number of halogens is 1. The van der Waals surface area contributed by atoms with Gasteiger partial charge in [0.15, 0.2) is 34.7 Å².